The van der Waals surface area contributed by atoms with Crippen LogP contribution in [0, 0.1) is 0 Å². The Balaban J connectivity index is 1.65. The van der Waals surface area contributed by atoms with Crippen LogP contribution in [0.15, 0.2) is 24.3 Å². The smallest absolute Gasteiger partial charge is 0.234 e. The molecule has 0 aliphatic carbocycles. The molecule has 5 heteroatoms. The lowest BCUT2D eigenvalue weighted by Gasteiger charge is -2.12. The lowest BCUT2D eigenvalue weighted by Crippen LogP contribution is -2.37. The Morgan fingerprint density at radius 2 is 2.30 bits per heavy atom. The van der Waals surface area contributed by atoms with E-state index < -0.39 is 0 Å². The molecule has 5 nitrogen and oxygen atoms in total. The van der Waals surface area contributed by atoms with Gasteiger partial charge in [0.25, 0.3) is 0 Å². The van der Waals surface area contributed by atoms with Crippen LogP contribution < -0.4 is 15.4 Å². The number of nitrogens with one attached hydrogen (secondary N) is 2. The zero-order valence-corrected chi connectivity index (χ0v) is 11.9. The van der Waals surface area contributed by atoms with E-state index in [1.54, 1.807) is 7.11 Å². The van der Waals surface area contributed by atoms with Crippen LogP contribution in [0.1, 0.15) is 18.4 Å². The minimum Gasteiger partial charge on any atom is -0.496 e. The number of carbonyl (C=O) groups excluding carboxylic acids is 1. The van der Waals surface area contributed by atoms with Crippen LogP contribution in [0.5, 0.6) is 5.75 Å². The predicted octanol–water partition coefficient (Wildman–Crippen LogP) is 1.08. The van der Waals surface area contributed by atoms with E-state index in [-0.39, 0.29) is 12.0 Å². The van der Waals surface area contributed by atoms with Crippen molar-refractivity contribution in [2.45, 2.75) is 25.5 Å². The third kappa shape index (κ3) is 4.51. The summed E-state index contributed by atoms with van der Waals surface area (Å²) in [5, 5.41) is 6.00. The van der Waals surface area contributed by atoms with Crippen molar-refractivity contribution >= 4 is 5.91 Å². The van der Waals surface area contributed by atoms with Gasteiger partial charge in [-0.2, -0.15) is 0 Å². The van der Waals surface area contributed by atoms with Gasteiger partial charge in [0, 0.05) is 25.3 Å². The van der Waals surface area contributed by atoms with Gasteiger partial charge in [-0.15, -0.1) is 0 Å². The summed E-state index contributed by atoms with van der Waals surface area (Å²) in [4.78, 5) is 11.7. The summed E-state index contributed by atoms with van der Waals surface area (Å²) >= 11 is 0. The van der Waals surface area contributed by atoms with E-state index in [1.807, 2.05) is 24.3 Å². The topological polar surface area (TPSA) is 59.6 Å². The number of methoxy groups -OCH3 is 1. The molecule has 1 fully saturated rings. The summed E-state index contributed by atoms with van der Waals surface area (Å²) in [6, 6.07) is 7.78. The van der Waals surface area contributed by atoms with Crippen LogP contribution in [-0.2, 0) is 16.1 Å². The minimum atomic E-state index is -0.00426. The van der Waals surface area contributed by atoms with Crippen molar-refractivity contribution < 1.29 is 14.3 Å². The van der Waals surface area contributed by atoms with Crippen molar-refractivity contribution in [2.75, 3.05) is 26.8 Å². The lowest BCUT2D eigenvalue weighted by atomic mass is 10.2. The molecule has 0 radical (unpaired) electrons. The maximum atomic E-state index is 11.7. The number of ether oxygens (including phenoxy) is 2. The number of rotatable bonds is 7. The van der Waals surface area contributed by atoms with E-state index in [1.165, 1.54) is 0 Å². The average molecular weight is 278 g/mol. The molecule has 0 spiro atoms. The molecule has 2 N–H and O–H groups in total. The first-order chi connectivity index (χ1) is 9.79. The highest BCUT2D eigenvalue weighted by Crippen LogP contribution is 2.16. The van der Waals surface area contributed by atoms with E-state index in [0.717, 1.165) is 30.8 Å². The second-order valence-corrected chi connectivity index (χ2v) is 4.85. The molecule has 20 heavy (non-hydrogen) atoms. The Kier molecular flexibility index (Phi) is 5.83. The van der Waals surface area contributed by atoms with Crippen LogP contribution in [0.4, 0.5) is 0 Å². The van der Waals surface area contributed by atoms with Gasteiger partial charge in [0.1, 0.15) is 5.75 Å². The van der Waals surface area contributed by atoms with Gasteiger partial charge in [0.05, 0.1) is 19.8 Å². The quantitative estimate of drug-likeness (QED) is 0.783. The molecular weight excluding hydrogens is 256 g/mol. The number of hydrogen-bond acceptors (Lipinski definition) is 4. The largest absolute Gasteiger partial charge is 0.496 e. The number of benzene rings is 1. The first-order valence-electron chi connectivity index (χ1n) is 7.00. The molecule has 1 atom stereocenters. The summed E-state index contributed by atoms with van der Waals surface area (Å²) in [6.45, 7) is 2.32. The fourth-order valence-corrected chi connectivity index (χ4v) is 2.26. The van der Waals surface area contributed by atoms with Crippen molar-refractivity contribution in [1.29, 1.82) is 0 Å². The van der Waals surface area contributed by atoms with E-state index in [9.17, 15) is 4.79 Å². The van der Waals surface area contributed by atoms with Gasteiger partial charge < -0.3 is 20.1 Å². The Bertz CT molecular complexity index is 431. The molecule has 1 heterocycles. The zero-order valence-electron chi connectivity index (χ0n) is 11.9. The monoisotopic (exact) mass is 278 g/mol. The van der Waals surface area contributed by atoms with Crippen LogP contribution >= 0.6 is 0 Å². The highest BCUT2D eigenvalue weighted by Gasteiger charge is 2.15. The van der Waals surface area contributed by atoms with Gasteiger partial charge in [-0.3, -0.25) is 4.79 Å². The van der Waals surface area contributed by atoms with Gasteiger partial charge in [0.2, 0.25) is 5.91 Å². The fourth-order valence-electron chi connectivity index (χ4n) is 2.26. The number of carbonyl (C=O) groups is 1. The highest BCUT2D eigenvalue weighted by molar-refractivity contribution is 5.78. The molecule has 1 aliphatic rings. The maximum Gasteiger partial charge on any atom is 0.234 e. The van der Waals surface area contributed by atoms with Gasteiger partial charge >= 0.3 is 0 Å². The number of para-hydroxylation sites is 1. The van der Waals surface area contributed by atoms with E-state index in [0.29, 0.717) is 19.6 Å². The van der Waals surface area contributed by atoms with Crippen molar-refractivity contribution in [3.63, 3.8) is 0 Å². The Hall–Kier alpha value is -1.59. The van der Waals surface area contributed by atoms with Crippen LogP contribution in [0.25, 0.3) is 0 Å². The first kappa shape index (κ1) is 14.8. The summed E-state index contributed by atoms with van der Waals surface area (Å²) in [6.07, 6.45) is 2.31. The molecule has 1 aromatic carbocycles. The summed E-state index contributed by atoms with van der Waals surface area (Å²) in [7, 11) is 1.65. The second-order valence-electron chi connectivity index (χ2n) is 4.85. The standard InChI is InChI=1S/C15H22N2O3/c1-19-14-7-3-2-5-12(14)9-16-11-15(18)17-10-13-6-4-8-20-13/h2-3,5,7,13,16H,4,6,8-11H2,1H3,(H,17,18). The average Bonchev–Trinajstić information content (AvgIpc) is 2.99. The molecule has 1 aromatic rings. The SMILES string of the molecule is COc1ccccc1CNCC(=O)NCC1CCCO1. The van der Waals surface area contributed by atoms with Gasteiger partial charge in [0.15, 0.2) is 0 Å². The number of amides is 1. The molecule has 1 amide bonds. The van der Waals surface area contributed by atoms with E-state index in [2.05, 4.69) is 10.6 Å². The van der Waals surface area contributed by atoms with Crippen LogP contribution in [0.3, 0.4) is 0 Å². The molecule has 0 bridgehead atoms. The van der Waals surface area contributed by atoms with Crippen LogP contribution in [0.2, 0.25) is 0 Å². The van der Waals surface area contributed by atoms with Gasteiger partial charge in [-0.1, -0.05) is 18.2 Å². The fraction of sp³-hybridized carbons (Fsp3) is 0.533. The normalized spacial score (nSPS) is 17.9. The summed E-state index contributed by atoms with van der Waals surface area (Å²) in [5.41, 5.74) is 1.04. The second kappa shape index (κ2) is 7.87. The molecule has 0 aromatic heterocycles. The minimum absolute atomic E-state index is 0.00426. The third-order valence-corrected chi connectivity index (χ3v) is 3.34. The summed E-state index contributed by atoms with van der Waals surface area (Å²) < 4.78 is 10.7. The van der Waals surface area contributed by atoms with Crippen LogP contribution in [-0.4, -0.2) is 38.8 Å². The van der Waals surface area contributed by atoms with Crippen molar-refractivity contribution in [3.8, 4) is 5.75 Å². The van der Waals surface area contributed by atoms with Crippen molar-refractivity contribution in [3.05, 3.63) is 29.8 Å². The Morgan fingerprint density at radius 1 is 1.45 bits per heavy atom. The molecule has 1 aliphatic heterocycles. The molecule has 2 rings (SSSR count). The third-order valence-electron chi connectivity index (χ3n) is 3.34. The zero-order chi connectivity index (χ0) is 14.2. The molecular formula is C15H22N2O3. The predicted molar refractivity (Wildman–Crippen MR) is 76.7 cm³/mol. The highest BCUT2D eigenvalue weighted by atomic mass is 16.5. The molecule has 0 saturated carbocycles. The Labute approximate surface area is 119 Å². The lowest BCUT2D eigenvalue weighted by molar-refractivity contribution is -0.120. The van der Waals surface area contributed by atoms with Gasteiger partial charge in [-0.25, -0.2) is 0 Å². The van der Waals surface area contributed by atoms with Gasteiger partial charge in [-0.05, 0) is 18.9 Å². The number of hydrogen-bond donors (Lipinski definition) is 2. The van der Waals surface area contributed by atoms with Crippen molar-refractivity contribution in [2.24, 2.45) is 0 Å². The molecule has 1 unspecified atom stereocenters. The molecule has 110 valence electrons. The first-order valence-corrected chi connectivity index (χ1v) is 7.00. The van der Waals surface area contributed by atoms with E-state index >= 15 is 0 Å². The maximum absolute atomic E-state index is 11.7. The molecule has 1 saturated heterocycles. The Morgan fingerprint density at radius 3 is 3.05 bits per heavy atom. The summed E-state index contributed by atoms with van der Waals surface area (Å²) in [5.74, 6) is 0.829. The van der Waals surface area contributed by atoms with E-state index in [4.69, 9.17) is 9.47 Å². The van der Waals surface area contributed by atoms with Crippen molar-refractivity contribution in [1.82, 2.24) is 10.6 Å².